The lowest BCUT2D eigenvalue weighted by Gasteiger charge is -2.07. The van der Waals surface area contributed by atoms with Crippen molar-refractivity contribution in [1.29, 1.82) is 0 Å². The van der Waals surface area contributed by atoms with Gasteiger partial charge in [-0.25, -0.2) is 9.18 Å². The first-order valence-corrected chi connectivity index (χ1v) is 5.71. The van der Waals surface area contributed by atoms with E-state index in [-0.39, 0.29) is 18.9 Å². The summed E-state index contributed by atoms with van der Waals surface area (Å²) in [6.07, 6.45) is 2.67. The van der Waals surface area contributed by atoms with Gasteiger partial charge < -0.3 is 9.47 Å². The zero-order chi connectivity index (χ0) is 14.1. The van der Waals surface area contributed by atoms with Crippen molar-refractivity contribution < 1.29 is 18.7 Å². The molecule has 0 fully saturated rings. The number of carbonyl (C=O) groups is 1. The monoisotopic (exact) mass is 267 g/mol. The van der Waals surface area contributed by atoms with Gasteiger partial charge in [-0.3, -0.25) is 0 Å². The molecule has 0 aliphatic heterocycles. The highest BCUT2D eigenvalue weighted by Gasteiger charge is 2.05. The maximum Gasteiger partial charge on any atom is 0.330 e. The van der Waals surface area contributed by atoms with Gasteiger partial charge in [-0.2, -0.15) is 4.91 Å². The van der Waals surface area contributed by atoms with Crippen molar-refractivity contribution in [2.24, 2.45) is 5.18 Å². The molecule has 5 nitrogen and oxygen atoms in total. The molecule has 0 aromatic heterocycles. The average molecular weight is 267 g/mol. The molecule has 0 radical (unpaired) electrons. The second-order valence-corrected chi connectivity index (χ2v) is 3.50. The summed E-state index contributed by atoms with van der Waals surface area (Å²) in [7, 11) is 0. The summed E-state index contributed by atoms with van der Waals surface area (Å²) in [4.78, 5) is 21.2. The summed E-state index contributed by atoms with van der Waals surface area (Å²) in [6, 6.07) is 3.82. The minimum atomic E-state index is -0.473. The molecule has 6 heteroatoms. The smallest absolute Gasteiger partial charge is 0.330 e. The van der Waals surface area contributed by atoms with Crippen LogP contribution in [-0.4, -0.2) is 19.2 Å². The van der Waals surface area contributed by atoms with Crippen molar-refractivity contribution in [3.8, 4) is 5.75 Å². The molecule has 0 N–H and O–H groups in total. The summed E-state index contributed by atoms with van der Waals surface area (Å²) < 4.78 is 23.0. The van der Waals surface area contributed by atoms with E-state index in [4.69, 9.17) is 4.74 Å². The number of ether oxygens (including phenoxy) is 2. The van der Waals surface area contributed by atoms with E-state index < -0.39 is 11.8 Å². The van der Waals surface area contributed by atoms with Gasteiger partial charge in [0.15, 0.2) is 0 Å². The van der Waals surface area contributed by atoms with Gasteiger partial charge in [0.05, 0.1) is 6.61 Å². The van der Waals surface area contributed by atoms with Crippen LogP contribution in [0, 0.1) is 10.7 Å². The van der Waals surface area contributed by atoms with Gasteiger partial charge >= 0.3 is 5.97 Å². The molecule has 0 amide bonds. The van der Waals surface area contributed by atoms with Crippen molar-refractivity contribution in [2.75, 3.05) is 13.2 Å². The van der Waals surface area contributed by atoms with Crippen LogP contribution in [0.25, 0.3) is 0 Å². The molecule has 0 spiro atoms. The predicted molar refractivity (Wildman–Crippen MR) is 67.2 cm³/mol. The lowest BCUT2D eigenvalue weighted by atomic mass is 10.2. The highest BCUT2D eigenvalue weighted by molar-refractivity contribution is 5.81. The normalized spacial score (nSPS) is 10.4. The SMILES string of the molecule is CCOC(=O)C=CCOc1cc(F)ccc1CN=O. The highest BCUT2D eigenvalue weighted by Crippen LogP contribution is 2.20. The zero-order valence-corrected chi connectivity index (χ0v) is 10.5. The van der Waals surface area contributed by atoms with E-state index in [2.05, 4.69) is 9.91 Å². The summed E-state index contributed by atoms with van der Waals surface area (Å²) in [5.41, 5.74) is 0.487. The summed E-state index contributed by atoms with van der Waals surface area (Å²) >= 11 is 0. The molecule has 0 saturated heterocycles. The quantitative estimate of drug-likeness (QED) is 0.432. The number of nitrogens with zero attached hydrogens (tertiary/aromatic N) is 1. The van der Waals surface area contributed by atoms with Crippen LogP contribution in [0.2, 0.25) is 0 Å². The second-order valence-electron chi connectivity index (χ2n) is 3.50. The summed E-state index contributed by atoms with van der Waals surface area (Å²) in [5.74, 6) is -0.716. The first kappa shape index (κ1) is 14.8. The number of carbonyl (C=O) groups excluding carboxylic acids is 1. The Morgan fingerprint density at radius 3 is 2.95 bits per heavy atom. The van der Waals surface area contributed by atoms with Crippen LogP contribution in [0.3, 0.4) is 0 Å². The molecule has 0 unspecified atom stereocenters. The number of hydrogen-bond acceptors (Lipinski definition) is 5. The van der Waals surface area contributed by atoms with Gasteiger partial charge in [0, 0.05) is 17.7 Å². The lowest BCUT2D eigenvalue weighted by Crippen LogP contribution is -2.02. The third-order valence-electron chi connectivity index (χ3n) is 2.14. The Balaban J connectivity index is 2.59. The van der Waals surface area contributed by atoms with E-state index >= 15 is 0 Å². The molecule has 19 heavy (non-hydrogen) atoms. The van der Waals surface area contributed by atoms with Gasteiger partial charge in [0.1, 0.15) is 24.7 Å². The molecule has 0 aliphatic carbocycles. The summed E-state index contributed by atoms with van der Waals surface area (Å²) in [6.45, 7) is 1.96. The van der Waals surface area contributed by atoms with Crippen molar-refractivity contribution in [2.45, 2.75) is 13.5 Å². The van der Waals surface area contributed by atoms with Gasteiger partial charge in [-0.05, 0) is 19.1 Å². The molecule has 0 heterocycles. The van der Waals surface area contributed by atoms with E-state index in [9.17, 15) is 14.1 Å². The van der Waals surface area contributed by atoms with Crippen molar-refractivity contribution in [1.82, 2.24) is 0 Å². The number of benzene rings is 1. The fourth-order valence-corrected chi connectivity index (χ4v) is 1.34. The Kier molecular flexibility index (Phi) is 6.21. The zero-order valence-electron chi connectivity index (χ0n) is 10.5. The molecule has 0 saturated carbocycles. The van der Waals surface area contributed by atoms with Crippen LogP contribution >= 0.6 is 0 Å². The number of rotatable bonds is 7. The van der Waals surface area contributed by atoms with Crippen LogP contribution in [0.4, 0.5) is 4.39 Å². The fraction of sp³-hybridized carbons (Fsp3) is 0.308. The Morgan fingerprint density at radius 2 is 2.26 bits per heavy atom. The van der Waals surface area contributed by atoms with E-state index in [1.807, 2.05) is 0 Å². The van der Waals surface area contributed by atoms with Crippen LogP contribution in [-0.2, 0) is 16.1 Å². The van der Waals surface area contributed by atoms with Crippen molar-refractivity contribution >= 4 is 5.97 Å². The second kappa shape index (κ2) is 7.97. The van der Waals surface area contributed by atoms with E-state index in [1.54, 1.807) is 6.92 Å². The molecular weight excluding hydrogens is 253 g/mol. The summed E-state index contributed by atoms with van der Waals surface area (Å²) in [5, 5.41) is 2.73. The Morgan fingerprint density at radius 1 is 1.47 bits per heavy atom. The number of esters is 1. The molecule has 102 valence electrons. The van der Waals surface area contributed by atoms with E-state index in [0.717, 1.165) is 0 Å². The van der Waals surface area contributed by atoms with Crippen LogP contribution < -0.4 is 4.74 Å². The highest BCUT2D eigenvalue weighted by atomic mass is 19.1. The number of halogens is 1. The first-order chi connectivity index (χ1) is 9.17. The van der Waals surface area contributed by atoms with Crippen LogP contribution in [0.1, 0.15) is 12.5 Å². The van der Waals surface area contributed by atoms with Gasteiger partial charge in [0.25, 0.3) is 0 Å². The largest absolute Gasteiger partial charge is 0.489 e. The maximum absolute atomic E-state index is 13.0. The molecule has 0 bridgehead atoms. The van der Waals surface area contributed by atoms with E-state index in [0.29, 0.717) is 12.2 Å². The van der Waals surface area contributed by atoms with Crippen molar-refractivity contribution in [3.05, 3.63) is 46.6 Å². The van der Waals surface area contributed by atoms with Gasteiger partial charge in [-0.1, -0.05) is 11.2 Å². The average Bonchev–Trinajstić information content (AvgIpc) is 2.38. The Labute approximate surface area is 110 Å². The predicted octanol–water partition coefficient (Wildman–Crippen LogP) is 2.59. The molecule has 1 rings (SSSR count). The topological polar surface area (TPSA) is 65.0 Å². The third-order valence-corrected chi connectivity index (χ3v) is 2.14. The molecular formula is C13H14FNO4. The van der Waals surface area contributed by atoms with Crippen LogP contribution in [0.5, 0.6) is 5.75 Å². The maximum atomic E-state index is 13.0. The fourth-order valence-electron chi connectivity index (χ4n) is 1.34. The van der Waals surface area contributed by atoms with Gasteiger partial charge in [-0.15, -0.1) is 0 Å². The lowest BCUT2D eigenvalue weighted by molar-refractivity contribution is -0.137. The third kappa shape index (κ3) is 5.29. The molecule has 0 atom stereocenters. The number of hydrogen-bond donors (Lipinski definition) is 0. The first-order valence-electron chi connectivity index (χ1n) is 5.71. The number of nitroso groups, excluding NO2 is 1. The standard InChI is InChI=1S/C13H14FNO4/c1-2-18-13(16)4-3-7-19-12-8-11(14)6-5-10(12)9-15-17/h3-6,8H,2,7,9H2,1H3. The molecule has 0 aliphatic rings. The van der Waals surface area contributed by atoms with E-state index in [1.165, 1.54) is 30.4 Å². The minimum Gasteiger partial charge on any atom is -0.489 e. The van der Waals surface area contributed by atoms with Crippen LogP contribution in [0.15, 0.2) is 35.5 Å². The Hall–Kier alpha value is -2.24. The van der Waals surface area contributed by atoms with Gasteiger partial charge in [0.2, 0.25) is 0 Å². The minimum absolute atomic E-state index is 0.0636. The Bertz CT molecular complexity index is 474. The van der Waals surface area contributed by atoms with Crippen molar-refractivity contribution in [3.63, 3.8) is 0 Å². The molecule has 1 aromatic carbocycles. The molecule has 1 aromatic rings.